The van der Waals surface area contributed by atoms with Gasteiger partial charge in [-0.1, -0.05) is 6.08 Å². The molecular weight excluding hydrogens is 300 g/mol. The Morgan fingerprint density at radius 1 is 1.59 bits per heavy atom. The second-order valence-electron chi connectivity index (χ2n) is 5.15. The van der Waals surface area contributed by atoms with Crippen LogP contribution in [0.2, 0.25) is 0 Å². The molecule has 0 fully saturated rings. The number of hydrogen-bond donors (Lipinski definition) is 0. The Hall–Kier alpha value is -1.99. The summed E-state index contributed by atoms with van der Waals surface area (Å²) in [5, 5.41) is 1.78. The molecule has 1 unspecified atom stereocenters. The highest BCUT2D eigenvalue weighted by Gasteiger charge is 2.34. The summed E-state index contributed by atoms with van der Waals surface area (Å²) in [4.78, 5) is 23.1. The molecule has 2 aromatic heterocycles. The van der Waals surface area contributed by atoms with Crippen molar-refractivity contribution < 1.29 is 9.53 Å². The summed E-state index contributed by atoms with van der Waals surface area (Å²) in [6.07, 6.45) is 4.26. The van der Waals surface area contributed by atoms with Crippen molar-refractivity contribution in [3.05, 3.63) is 47.0 Å². The highest BCUT2D eigenvalue weighted by Crippen LogP contribution is 2.30. The van der Waals surface area contributed by atoms with E-state index in [0.717, 1.165) is 17.8 Å². The Morgan fingerprint density at radius 3 is 3.18 bits per heavy atom. The van der Waals surface area contributed by atoms with Gasteiger partial charge >= 0.3 is 0 Å². The Kier molecular flexibility index (Phi) is 4.35. The van der Waals surface area contributed by atoms with Crippen LogP contribution in [-0.4, -0.2) is 45.1 Å². The molecule has 7 heteroatoms. The predicted molar refractivity (Wildman–Crippen MR) is 83.8 cm³/mol. The molecule has 0 N–H and O–H groups in total. The van der Waals surface area contributed by atoms with Gasteiger partial charge in [-0.15, -0.1) is 17.9 Å². The highest BCUT2D eigenvalue weighted by molar-refractivity contribution is 7.07. The van der Waals surface area contributed by atoms with E-state index in [-0.39, 0.29) is 11.9 Å². The van der Waals surface area contributed by atoms with Crippen LogP contribution in [0.4, 0.5) is 0 Å². The van der Waals surface area contributed by atoms with Crippen molar-refractivity contribution in [3.63, 3.8) is 0 Å². The van der Waals surface area contributed by atoms with Gasteiger partial charge in [0.25, 0.3) is 5.91 Å². The maximum absolute atomic E-state index is 12.7. The highest BCUT2D eigenvalue weighted by atomic mass is 32.1. The topological polar surface area (TPSA) is 60.2 Å². The van der Waals surface area contributed by atoms with Crippen LogP contribution >= 0.6 is 11.3 Å². The van der Waals surface area contributed by atoms with Crippen molar-refractivity contribution in [2.45, 2.75) is 12.5 Å². The molecule has 1 aliphatic rings. The van der Waals surface area contributed by atoms with Crippen LogP contribution < -0.4 is 0 Å². The van der Waals surface area contributed by atoms with Crippen molar-refractivity contribution >= 4 is 17.2 Å². The van der Waals surface area contributed by atoms with Crippen molar-refractivity contribution in [2.75, 3.05) is 19.8 Å². The molecule has 0 aliphatic carbocycles. The first kappa shape index (κ1) is 14.9. The largest absolute Gasteiger partial charge is 0.375 e. The second kappa shape index (κ2) is 6.41. The molecule has 0 saturated carbocycles. The molecular formula is C15H18N4O2S. The number of carbonyl (C=O) groups excluding carboxylic acids is 1. The van der Waals surface area contributed by atoms with Crippen LogP contribution in [0.15, 0.2) is 29.9 Å². The Bertz CT molecular complexity index is 665. The molecule has 1 aliphatic heterocycles. The van der Waals surface area contributed by atoms with E-state index in [2.05, 4.69) is 16.5 Å². The van der Waals surface area contributed by atoms with E-state index in [9.17, 15) is 4.79 Å². The molecule has 0 radical (unpaired) electrons. The van der Waals surface area contributed by atoms with E-state index in [1.807, 2.05) is 16.5 Å². The van der Waals surface area contributed by atoms with Crippen LogP contribution in [0.3, 0.4) is 0 Å². The second-order valence-corrected chi connectivity index (χ2v) is 5.87. The first-order chi connectivity index (χ1) is 10.7. The monoisotopic (exact) mass is 318 g/mol. The standard InChI is InChI=1S/C15H18N4O2S/c1-3-6-21-7-13-14-11(16-9-18(14)2)4-5-19(13)15(20)12-8-22-10-17-12/h3,8-10,13H,1,4-7H2,2H3. The van der Waals surface area contributed by atoms with Gasteiger partial charge in [-0.05, 0) is 0 Å². The van der Waals surface area contributed by atoms with Gasteiger partial charge in [0.1, 0.15) is 5.69 Å². The van der Waals surface area contributed by atoms with E-state index < -0.39 is 0 Å². The lowest BCUT2D eigenvalue weighted by Gasteiger charge is -2.35. The minimum Gasteiger partial charge on any atom is -0.375 e. The van der Waals surface area contributed by atoms with Crippen molar-refractivity contribution in [1.29, 1.82) is 0 Å². The van der Waals surface area contributed by atoms with Gasteiger partial charge in [0.05, 0.1) is 42.5 Å². The van der Waals surface area contributed by atoms with Crippen molar-refractivity contribution in [2.24, 2.45) is 7.05 Å². The SMILES string of the molecule is C=CCOCC1c2c(ncn2C)CCN1C(=O)c1cscn1. The van der Waals surface area contributed by atoms with E-state index in [4.69, 9.17) is 4.74 Å². The number of thiazole rings is 1. The molecule has 3 heterocycles. The third-order valence-electron chi connectivity index (χ3n) is 3.77. The summed E-state index contributed by atoms with van der Waals surface area (Å²) in [7, 11) is 1.95. The van der Waals surface area contributed by atoms with Crippen LogP contribution in [0.5, 0.6) is 0 Å². The van der Waals surface area contributed by atoms with E-state index in [1.165, 1.54) is 11.3 Å². The first-order valence-electron chi connectivity index (χ1n) is 7.10. The summed E-state index contributed by atoms with van der Waals surface area (Å²) >= 11 is 1.42. The quantitative estimate of drug-likeness (QED) is 0.623. The number of hydrogen-bond acceptors (Lipinski definition) is 5. The average molecular weight is 318 g/mol. The molecule has 3 rings (SSSR count). The lowest BCUT2D eigenvalue weighted by molar-refractivity contribution is 0.0427. The van der Waals surface area contributed by atoms with Crippen LogP contribution in [-0.2, 0) is 18.2 Å². The molecule has 116 valence electrons. The number of fused-ring (bicyclic) bond motifs is 1. The summed E-state index contributed by atoms with van der Waals surface area (Å²) in [5.74, 6) is -0.0553. The van der Waals surface area contributed by atoms with E-state index in [1.54, 1.807) is 23.3 Å². The summed E-state index contributed by atoms with van der Waals surface area (Å²) in [6, 6.07) is -0.148. The molecule has 6 nitrogen and oxygen atoms in total. The van der Waals surface area contributed by atoms with Crippen LogP contribution in [0, 0.1) is 0 Å². The summed E-state index contributed by atoms with van der Waals surface area (Å²) < 4.78 is 7.60. The van der Waals surface area contributed by atoms with Gasteiger partial charge in [0.2, 0.25) is 0 Å². The van der Waals surface area contributed by atoms with Gasteiger partial charge in [-0.3, -0.25) is 4.79 Å². The maximum atomic E-state index is 12.7. The fraction of sp³-hybridized carbons (Fsp3) is 0.400. The van der Waals surface area contributed by atoms with Gasteiger partial charge in [-0.25, -0.2) is 9.97 Å². The molecule has 0 aromatic carbocycles. The number of carbonyl (C=O) groups is 1. The van der Waals surface area contributed by atoms with Gasteiger partial charge < -0.3 is 14.2 Å². The Labute approximate surface area is 133 Å². The maximum Gasteiger partial charge on any atom is 0.273 e. The molecule has 0 spiro atoms. The number of ether oxygens (including phenoxy) is 1. The molecule has 2 aromatic rings. The zero-order valence-corrected chi connectivity index (χ0v) is 13.3. The number of nitrogens with zero attached hydrogens (tertiary/aromatic N) is 4. The van der Waals surface area contributed by atoms with E-state index >= 15 is 0 Å². The smallest absolute Gasteiger partial charge is 0.273 e. The minimum atomic E-state index is -0.148. The van der Waals surface area contributed by atoms with E-state index in [0.29, 0.717) is 25.5 Å². The predicted octanol–water partition coefficient (Wildman–Crippen LogP) is 1.82. The molecule has 0 bridgehead atoms. The molecule has 1 amide bonds. The van der Waals surface area contributed by atoms with Gasteiger partial charge in [0.15, 0.2) is 0 Å². The van der Waals surface area contributed by atoms with Gasteiger partial charge in [-0.2, -0.15) is 0 Å². The Morgan fingerprint density at radius 2 is 2.45 bits per heavy atom. The zero-order chi connectivity index (χ0) is 15.5. The first-order valence-corrected chi connectivity index (χ1v) is 8.04. The van der Waals surface area contributed by atoms with Gasteiger partial charge in [0, 0.05) is 25.4 Å². The normalized spacial score (nSPS) is 17.3. The molecule has 0 saturated heterocycles. The summed E-state index contributed by atoms with van der Waals surface area (Å²) in [5.41, 5.74) is 4.25. The van der Waals surface area contributed by atoms with Crippen molar-refractivity contribution in [1.82, 2.24) is 19.4 Å². The third-order valence-corrected chi connectivity index (χ3v) is 4.35. The lowest BCUT2D eigenvalue weighted by Crippen LogP contribution is -2.43. The third kappa shape index (κ3) is 2.69. The fourth-order valence-corrected chi connectivity index (χ4v) is 3.30. The lowest BCUT2D eigenvalue weighted by atomic mass is 10.0. The zero-order valence-electron chi connectivity index (χ0n) is 12.4. The summed E-state index contributed by atoms with van der Waals surface area (Å²) in [6.45, 7) is 5.17. The van der Waals surface area contributed by atoms with Crippen molar-refractivity contribution in [3.8, 4) is 0 Å². The molecule has 1 atom stereocenters. The fourth-order valence-electron chi connectivity index (χ4n) is 2.78. The number of imidazole rings is 1. The van der Waals surface area contributed by atoms with Crippen LogP contribution in [0.25, 0.3) is 0 Å². The number of amides is 1. The Balaban J connectivity index is 1.89. The average Bonchev–Trinajstić information content (AvgIpc) is 3.17. The minimum absolute atomic E-state index is 0.0553. The number of aromatic nitrogens is 3. The number of aryl methyl sites for hydroxylation is 1. The molecule has 22 heavy (non-hydrogen) atoms. The van der Waals surface area contributed by atoms with Crippen LogP contribution in [0.1, 0.15) is 27.9 Å². The number of rotatable bonds is 5.